The Labute approximate surface area is 73.0 Å². The maximum absolute atomic E-state index is 5.78. The molecule has 0 bridgehead atoms. The molecular formula is C9H15N3. The number of rotatable bonds is 3. The number of hydrogen-bond donors (Lipinski definition) is 1. The fourth-order valence-electron chi connectivity index (χ4n) is 0.948. The van der Waals surface area contributed by atoms with Gasteiger partial charge in [-0.05, 0) is 25.5 Å². The molecule has 0 aromatic carbocycles. The molecule has 1 unspecified atom stereocenters. The van der Waals surface area contributed by atoms with E-state index in [1.54, 1.807) is 0 Å². The molecule has 66 valence electrons. The molecule has 0 fully saturated rings. The lowest BCUT2D eigenvalue weighted by molar-refractivity contribution is 0.629. The third kappa shape index (κ3) is 2.58. The van der Waals surface area contributed by atoms with Gasteiger partial charge in [0.2, 0.25) is 0 Å². The van der Waals surface area contributed by atoms with Gasteiger partial charge in [0.05, 0.1) is 11.4 Å². The summed E-state index contributed by atoms with van der Waals surface area (Å²) in [6.45, 7) is 4.00. The minimum Gasteiger partial charge on any atom is -0.327 e. The first-order valence-electron chi connectivity index (χ1n) is 4.27. The zero-order valence-electron chi connectivity index (χ0n) is 7.62. The first-order chi connectivity index (χ1) is 5.72. The second-order valence-corrected chi connectivity index (χ2v) is 3.04. The topological polar surface area (TPSA) is 51.8 Å². The Bertz CT molecular complexity index is 230. The van der Waals surface area contributed by atoms with Gasteiger partial charge in [-0.2, -0.15) is 10.2 Å². The highest BCUT2D eigenvalue weighted by Crippen LogP contribution is 2.00. The molecule has 0 spiro atoms. The number of nitrogens with two attached hydrogens (primary N) is 1. The first kappa shape index (κ1) is 9.13. The summed E-state index contributed by atoms with van der Waals surface area (Å²) < 4.78 is 0. The van der Waals surface area contributed by atoms with Crippen LogP contribution in [0.4, 0.5) is 0 Å². The maximum Gasteiger partial charge on any atom is 0.0646 e. The van der Waals surface area contributed by atoms with Gasteiger partial charge in [-0.1, -0.05) is 6.92 Å². The van der Waals surface area contributed by atoms with Gasteiger partial charge < -0.3 is 5.73 Å². The van der Waals surface area contributed by atoms with Crippen LogP contribution < -0.4 is 5.73 Å². The summed E-state index contributed by atoms with van der Waals surface area (Å²) in [5, 5.41) is 8.00. The van der Waals surface area contributed by atoms with E-state index in [4.69, 9.17) is 5.73 Å². The van der Waals surface area contributed by atoms with Gasteiger partial charge in [0.1, 0.15) is 0 Å². The fourth-order valence-corrected chi connectivity index (χ4v) is 0.948. The smallest absolute Gasteiger partial charge is 0.0646 e. The number of aromatic nitrogens is 2. The average Bonchev–Trinajstić information content (AvgIpc) is 2.09. The van der Waals surface area contributed by atoms with Gasteiger partial charge in [0.25, 0.3) is 0 Å². The van der Waals surface area contributed by atoms with Crippen LogP contribution >= 0.6 is 0 Å². The van der Waals surface area contributed by atoms with Crippen LogP contribution in [0, 0.1) is 6.92 Å². The summed E-state index contributed by atoms with van der Waals surface area (Å²) in [6, 6.07) is 4.16. The summed E-state index contributed by atoms with van der Waals surface area (Å²) in [7, 11) is 0. The van der Waals surface area contributed by atoms with Crippen LogP contribution in [0.15, 0.2) is 12.1 Å². The van der Waals surface area contributed by atoms with Gasteiger partial charge in [-0.3, -0.25) is 0 Å². The summed E-state index contributed by atoms with van der Waals surface area (Å²) in [6.07, 6.45) is 1.80. The zero-order chi connectivity index (χ0) is 8.97. The lowest BCUT2D eigenvalue weighted by Crippen LogP contribution is -2.22. The van der Waals surface area contributed by atoms with Crippen molar-refractivity contribution in [1.29, 1.82) is 0 Å². The SMILES string of the molecule is CCC(N)Cc1ccc(C)nn1. The van der Waals surface area contributed by atoms with Gasteiger partial charge in [0, 0.05) is 12.5 Å². The van der Waals surface area contributed by atoms with Crippen molar-refractivity contribution in [2.75, 3.05) is 0 Å². The monoisotopic (exact) mass is 165 g/mol. The van der Waals surface area contributed by atoms with Crippen molar-refractivity contribution < 1.29 is 0 Å². The Morgan fingerprint density at radius 1 is 1.42 bits per heavy atom. The molecule has 3 heteroatoms. The lowest BCUT2D eigenvalue weighted by atomic mass is 10.1. The Kier molecular flexibility index (Phi) is 3.17. The molecule has 1 heterocycles. The third-order valence-electron chi connectivity index (χ3n) is 1.85. The molecule has 1 aromatic rings. The minimum atomic E-state index is 0.210. The summed E-state index contributed by atoms with van der Waals surface area (Å²) in [5.74, 6) is 0. The molecule has 1 rings (SSSR count). The van der Waals surface area contributed by atoms with Crippen LogP contribution in [0.5, 0.6) is 0 Å². The van der Waals surface area contributed by atoms with Crippen molar-refractivity contribution >= 4 is 0 Å². The molecule has 0 aliphatic carbocycles. The molecule has 0 radical (unpaired) electrons. The molecule has 12 heavy (non-hydrogen) atoms. The first-order valence-corrected chi connectivity index (χ1v) is 4.27. The van der Waals surface area contributed by atoms with E-state index in [2.05, 4.69) is 17.1 Å². The van der Waals surface area contributed by atoms with Crippen molar-refractivity contribution in [2.24, 2.45) is 5.73 Å². The largest absolute Gasteiger partial charge is 0.327 e. The molecule has 0 aliphatic heterocycles. The summed E-state index contributed by atoms with van der Waals surface area (Å²) in [4.78, 5) is 0. The summed E-state index contributed by atoms with van der Waals surface area (Å²) in [5.41, 5.74) is 7.70. The molecule has 0 aliphatic rings. The van der Waals surface area contributed by atoms with Crippen molar-refractivity contribution in [3.8, 4) is 0 Å². The fraction of sp³-hybridized carbons (Fsp3) is 0.556. The molecule has 1 atom stereocenters. The van der Waals surface area contributed by atoms with E-state index in [-0.39, 0.29) is 6.04 Å². The van der Waals surface area contributed by atoms with Gasteiger partial charge >= 0.3 is 0 Å². The number of aryl methyl sites for hydroxylation is 1. The molecule has 1 aromatic heterocycles. The van der Waals surface area contributed by atoms with Crippen LogP contribution in [-0.4, -0.2) is 16.2 Å². The van der Waals surface area contributed by atoms with E-state index >= 15 is 0 Å². The van der Waals surface area contributed by atoms with Crippen LogP contribution in [0.3, 0.4) is 0 Å². The highest BCUT2D eigenvalue weighted by atomic mass is 15.1. The van der Waals surface area contributed by atoms with E-state index in [0.717, 1.165) is 24.2 Å². The average molecular weight is 165 g/mol. The highest BCUT2D eigenvalue weighted by Gasteiger charge is 2.01. The second-order valence-electron chi connectivity index (χ2n) is 3.04. The minimum absolute atomic E-state index is 0.210. The van der Waals surface area contributed by atoms with E-state index < -0.39 is 0 Å². The highest BCUT2D eigenvalue weighted by molar-refractivity contribution is 5.06. The van der Waals surface area contributed by atoms with E-state index in [1.807, 2.05) is 19.1 Å². The van der Waals surface area contributed by atoms with Crippen LogP contribution in [0.25, 0.3) is 0 Å². The molecule has 0 saturated heterocycles. The maximum atomic E-state index is 5.78. The van der Waals surface area contributed by atoms with Gasteiger partial charge in [-0.25, -0.2) is 0 Å². The number of hydrogen-bond acceptors (Lipinski definition) is 3. The second kappa shape index (κ2) is 4.16. The van der Waals surface area contributed by atoms with E-state index in [1.165, 1.54) is 0 Å². The predicted molar refractivity (Wildman–Crippen MR) is 48.7 cm³/mol. The van der Waals surface area contributed by atoms with E-state index in [0.29, 0.717) is 0 Å². The number of nitrogens with zero attached hydrogens (tertiary/aromatic N) is 2. The lowest BCUT2D eigenvalue weighted by Gasteiger charge is -2.06. The van der Waals surface area contributed by atoms with Crippen LogP contribution in [-0.2, 0) is 6.42 Å². The van der Waals surface area contributed by atoms with E-state index in [9.17, 15) is 0 Å². The standard InChI is InChI=1S/C9H15N3/c1-3-8(10)6-9-5-4-7(2)11-12-9/h4-5,8H,3,6,10H2,1-2H3. The zero-order valence-corrected chi connectivity index (χ0v) is 7.62. The molecule has 0 saturated carbocycles. The van der Waals surface area contributed by atoms with Crippen molar-refractivity contribution in [3.05, 3.63) is 23.5 Å². The van der Waals surface area contributed by atoms with Crippen molar-refractivity contribution in [3.63, 3.8) is 0 Å². The summed E-state index contributed by atoms with van der Waals surface area (Å²) >= 11 is 0. The van der Waals surface area contributed by atoms with Crippen molar-refractivity contribution in [2.45, 2.75) is 32.7 Å². The Balaban J connectivity index is 2.58. The quantitative estimate of drug-likeness (QED) is 0.728. The van der Waals surface area contributed by atoms with Crippen molar-refractivity contribution in [1.82, 2.24) is 10.2 Å². The van der Waals surface area contributed by atoms with Crippen LogP contribution in [0.1, 0.15) is 24.7 Å². The molecule has 3 nitrogen and oxygen atoms in total. The predicted octanol–water partition coefficient (Wildman–Crippen LogP) is 1.06. The molecular weight excluding hydrogens is 150 g/mol. The van der Waals surface area contributed by atoms with Gasteiger partial charge in [-0.15, -0.1) is 0 Å². The Hall–Kier alpha value is -0.960. The molecule has 0 amide bonds. The van der Waals surface area contributed by atoms with Crippen LogP contribution in [0.2, 0.25) is 0 Å². The normalized spacial score (nSPS) is 12.9. The Morgan fingerprint density at radius 2 is 2.17 bits per heavy atom. The Morgan fingerprint density at radius 3 is 2.67 bits per heavy atom. The molecule has 2 N–H and O–H groups in total. The van der Waals surface area contributed by atoms with Gasteiger partial charge in [0.15, 0.2) is 0 Å². The third-order valence-corrected chi connectivity index (χ3v) is 1.85.